The Balaban J connectivity index is 2.32. The zero-order valence-corrected chi connectivity index (χ0v) is 10.6. The summed E-state index contributed by atoms with van der Waals surface area (Å²) in [5.74, 6) is -0.220. The topological polar surface area (TPSA) is 124 Å². The number of rotatable bonds is 4. The van der Waals surface area contributed by atoms with Crippen molar-refractivity contribution in [1.82, 2.24) is 9.97 Å². The lowest BCUT2D eigenvalue weighted by Gasteiger charge is -1.98. The predicted molar refractivity (Wildman–Crippen MR) is 71.0 cm³/mol. The van der Waals surface area contributed by atoms with Crippen LogP contribution >= 0.6 is 0 Å². The van der Waals surface area contributed by atoms with Crippen LogP contribution in [0.5, 0.6) is 0 Å². The van der Waals surface area contributed by atoms with Gasteiger partial charge in [0.1, 0.15) is 5.82 Å². The third kappa shape index (κ3) is 2.58. The molecule has 0 unspecified atom stereocenters. The molecule has 0 spiro atoms. The van der Waals surface area contributed by atoms with Gasteiger partial charge in [-0.1, -0.05) is 0 Å². The highest BCUT2D eigenvalue weighted by Gasteiger charge is 2.17. The number of nitrogens with zero attached hydrogens (tertiary/aromatic N) is 2. The van der Waals surface area contributed by atoms with E-state index in [-0.39, 0.29) is 23.8 Å². The molecule has 8 nitrogen and oxygen atoms in total. The van der Waals surface area contributed by atoms with E-state index in [1.54, 1.807) is 6.92 Å². The van der Waals surface area contributed by atoms with Crippen molar-refractivity contribution in [3.8, 4) is 11.4 Å². The van der Waals surface area contributed by atoms with Crippen LogP contribution in [0.3, 0.4) is 0 Å². The van der Waals surface area contributed by atoms with E-state index in [0.717, 1.165) is 0 Å². The molecule has 0 saturated heterocycles. The standard InChI is InChI=1S/C12H12N4O4/c1-2-20-12(17)9-10(13)15-11(14-9)7-3-5-8(6-4-7)16(18)19/h3-6H,2,13H2,1H3,(H,14,15). The van der Waals surface area contributed by atoms with Crippen molar-refractivity contribution >= 4 is 17.5 Å². The van der Waals surface area contributed by atoms with Crippen molar-refractivity contribution in [1.29, 1.82) is 0 Å². The molecular weight excluding hydrogens is 264 g/mol. The second-order valence-corrected chi connectivity index (χ2v) is 3.87. The number of nitrogen functional groups attached to an aromatic ring is 1. The summed E-state index contributed by atoms with van der Waals surface area (Å²) in [7, 11) is 0. The Morgan fingerprint density at radius 2 is 2.10 bits per heavy atom. The SMILES string of the molecule is CCOC(=O)c1[nH]c(-c2ccc([N+](=O)[O-])cc2)nc1N. The van der Waals surface area contributed by atoms with E-state index in [4.69, 9.17) is 10.5 Å². The van der Waals surface area contributed by atoms with Gasteiger partial charge in [-0.15, -0.1) is 0 Å². The van der Waals surface area contributed by atoms with Gasteiger partial charge in [0.05, 0.1) is 11.5 Å². The molecule has 1 aromatic carbocycles. The zero-order chi connectivity index (χ0) is 14.7. The molecule has 0 aliphatic carbocycles. The van der Waals surface area contributed by atoms with Gasteiger partial charge in [-0.05, 0) is 19.1 Å². The van der Waals surface area contributed by atoms with Crippen molar-refractivity contribution in [3.05, 3.63) is 40.1 Å². The van der Waals surface area contributed by atoms with Crippen LogP contribution in [0, 0.1) is 10.1 Å². The van der Waals surface area contributed by atoms with Crippen LogP contribution in [0.4, 0.5) is 11.5 Å². The Morgan fingerprint density at radius 1 is 1.45 bits per heavy atom. The summed E-state index contributed by atoms with van der Waals surface area (Å²) in [5, 5.41) is 10.6. The molecule has 8 heteroatoms. The molecule has 20 heavy (non-hydrogen) atoms. The van der Waals surface area contributed by atoms with Gasteiger partial charge in [0, 0.05) is 17.7 Å². The second kappa shape index (κ2) is 5.39. The number of aromatic nitrogens is 2. The number of esters is 1. The number of hydrogen-bond acceptors (Lipinski definition) is 6. The Labute approximate surface area is 113 Å². The van der Waals surface area contributed by atoms with Crippen molar-refractivity contribution < 1.29 is 14.5 Å². The van der Waals surface area contributed by atoms with E-state index in [1.807, 2.05) is 0 Å². The number of anilines is 1. The summed E-state index contributed by atoms with van der Waals surface area (Å²) in [6.07, 6.45) is 0. The Hall–Kier alpha value is -2.90. The third-order valence-corrected chi connectivity index (χ3v) is 2.56. The third-order valence-electron chi connectivity index (χ3n) is 2.56. The molecular formula is C12H12N4O4. The van der Waals surface area contributed by atoms with E-state index in [1.165, 1.54) is 24.3 Å². The van der Waals surface area contributed by atoms with Crippen LogP contribution in [0.1, 0.15) is 17.4 Å². The first-order valence-electron chi connectivity index (χ1n) is 5.80. The lowest BCUT2D eigenvalue weighted by Crippen LogP contribution is -2.07. The van der Waals surface area contributed by atoms with E-state index in [9.17, 15) is 14.9 Å². The van der Waals surface area contributed by atoms with Gasteiger partial charge in [0.15, 0.2) is 11.5 Å². The average molecular weight is 276 g/mol. The van der Waals surface area contributed by atoms with E-state index in [2.05, 4.69) is 9.97 Å². The molecule has 2 rings (SSSR count). The molecule has 0 atom stereocenters. The lowest BCUT2D eigenvalue weighted by atomic mass is 10.2. The number of nitro benzene ring substituents is 1. The molecule has 2 aromatic rings. The first-order valence-corrected chi connectivity index (χ1v) is 5.80. The van der Waals surface area contributed by atoms with Gasteiger partial charge < -0.3 is 15.5 Å². The van der Waals surface area contributed by atoms with Gasteiger partial charge in [0.25, 0.3) is 5.69 Å². The minimum Gasteiger partial charge on any atom is -0.461 e. The van der Waals surface area contributed by atoms with Crippen molar-refractivity contribution in [3.63, 3.8) is 0 Å². The van der Waals surface area contributed by atoms with Crippen LogP contribution in [0.15, 0.2) is 24.3 Å². The summed E-state index contributed by atoms with van der Waals surface area (Å²) >= 11 is 0. The number of aromatic amines is 1. The molecule has 0 fully saturated rings. The minimum absolute atomic E-state index is 0.0248. The molecule has 0 amide bonds. The fraction of sp³-hybridized carbons (Fsp3) is 0.167. The number of non-ortho nitro benzene ring substituents is 1. The Morgan fingerprint density at radius 3 is 2.65 bits per heavy atom. The van der Waals surface area contributed by atoms with Crippen molar-refractivity contribution in [2.75, 3.05) is 12.3 Å². The summed E-state index contributed by atoms with van der Waals surface area (Å²) in [6.45, 7) is 1.91. The van der Waals surface area contributed by atoms with Gasteiger partial charge in [-0.3, -0.25) is 10.1 Å². The summed E-state index contributed by atoms with van der Waals surface area (Å²) in [6, 6.07) is 5.73. The molecule has 1 aromatic heterocycles. The highest BCUT2D eigenvalue weighted by molar-refractivity contribution is 5.93. The molecule has 0 saturated carbocycles. The summed E-state index contributed by atoms with van der Waals surface area (Å²) in [4.78, 5) is 28.4. The monoisotopic (exact) mass is 276 g/mol. The number of carbonyl (C=O) groups is 1. The van der Waals surface area contributed by atoms with E-state index < -0.39 is 10.9 Å². The molecule has 3 N–H and O–H groups in total. The van der Waals surface area contributed by atoms with Crippen LogP contribution < -0.4 is 5.73 Å². The molecule has 1 heterocycles. The number of H-pyrrole nitrogens is 1. The largest absolute Gasteiger partial charge is 0.461 e. The number of nitro groups is 1. The van der Waals surface area contributed by atoms with Crippen LogP contribution in [0.2, 0.25) is 0 Å². The summed E-state index contributed by atoms with van der Waals surface area (Å²) < 4.78 is 4.83. The Kier molecular flexibility index (Phi) is 3.65. The van der Waals surface area contributed by atoms with Crippen molar-refractivity contribution in [2.45, 2.75) is 6.92 Å². The highest BCUT2D eigenvalue weighted by Crippen LogP contribution is 2.22. The fourth-order valence-corrected chi connectivity index (χ4v) is 1.62. The molecule has 0 radical (unpaired) electrons. The Bertz CT molecular complexity index is 648. The lowest BCUT2D eigenvalue weighted by molar-refractivity contribution is -0.384. The molecule has 0 aliphatic rings. The van der Waals surface area contributed by atoms with Crippen LogP contribution in [-0.4, -0.2) is 27.5 Å². The number of benzene rings is 1. The van der Waals surface area contributed by atoms with Gasteiger partial charge in [-0.25, -0.2) is 9.78 Å². The van der Waals surface area contributed by atoms with Crippen LogP contribution in [0.25, 0.3) is 11.4 Å². The number of imidazole rings is 1. The number of ether oxygens (including phenoxy) is 1. The summed E-state index contributed by atoms with van der Waals surface area (Å²) in [5.41, 5.74) is 6.26. The number of nitrogens with two attached hydrogens (primary N) is 1. The first kappa shape index (κ1) is 13.5. The van der Waals surface area contributed by atoms with Gasteiger partial charge in [-0.2, -0.15) is 0 Å². The minimum atomic E-state index is -0.592. The number of nitrogens with one attached hydrogen (secondary N) is 1. The number of carbonyl (C=O) groups excluding carboxylic acids is 1. The first-order chi connectivity index (χ1) is 9.52. The predicted octanol–water partition coefficient (Wildman–Crippen LogP) is 1.74. The van der Waals surface area contributed by atoms with Gasteiger partial charge in [0.2, 0.25) is 0 Å². The molecule has 0 aliphatic heterocycles. The normalized spacial score (nSPS) is 10.2. The zero-order valence-electron chi connectivity index (χ0n) is 10.6. The molecule has 0 bridgehead atoms. The maximum atomic E-state index is 11.6. The van der Waals surface area contributed by atoms with E-state index in [0.29, 0.717) is 11.4 Å². The fourth-order valence-electron chi connectivity index (χ4n) is 1.62. The van der Waals surface area contributed by atoms with Crippen LogP contribution in [-0.2, 0) is 4.74 Å². The highest BCUT2D eigenvalue weighted by atomic mass is 16.6. The van der Waals surface area contributed by atoms with Gasteiger partial charge >= 0.3 is 5.97 Å². The van der Waals surface area contributed by atoms with E-state index >= 15 is 0 Å². The maximum absolute atomic E-state index is 11.6. The smallest absolute Gasteiger partial charge is 0.358 e. The van der Waals surface area contributed by atoms with Crippen molar-refractivity contribution in [2.24, 2.45) is 0 Å². The maximum Gasteiger partial charge on any atom is 0.358 e. The average Bonchev–Trinajstić information content (AvgIpc) is 2.81. The number of hydrogen-bond donors (Lipinski definition) is 2. The second-order valence-electron chi connectivity index (χ2n) is 3.87. The quantitative estimate of drug-likeness (QED) is 0.498. The molecule has 104 valence electrons.